The van der Waals surface area contributed by atoms with Gasteiger partial charge in [0.25, 0.3) is 0 Å². The van der Waals surface area contributed by atoms with Crippen LogP contribution in [-0.2, 0) is 11.3 Å². The van der Waals surface area contributed by atoms with E-state index in [-0.39, 0.29) is 5.69 Å². The van der Waals surface area contributed by atoms with E-state index in [9.17, 15) is 9.90 Å². The molecule has 0 bridgehead atoms. The van der Waals surface area contributed by atoms with Crippen LogP contribution in [-0.4, -0.2) is 51.7 Å². The van der Waals surface area contributed by atoms with Crippen LogP contribution in [0.2, 0.25) is 0 Å². The first-order valence-corrected chi connectivity index (χ1v) is 5.37. The maximum absolute atomic E-state index is 10.8. The lowest BCUT2D eigenvalue weighted by Gasteiger charge is -2.20. The number of carboxylic acid groups (broad SMARTS) is 1. The summed E-state index contributed by atoms with van der Waals surface area (Å²) in [5, 5.41) is 27.9. The molecule has 1 unspecified atom stereocenters. The lowest BCUT2D eigenvalue weighted by molar-refractivity contribution is 0.0268. The highest BCUT2D eigenvalue weighted by atomic mass is 16.5. The third kappa shape index (κ3) is 2.82. The summed E-state index contributed by atoms with van der Waals surface area (Å²) >= 11 is 0. The fraction of sp³-hybridized carbons (Fsp3) is 0.600. The van der Waals surface area contributed by atoms with Crippen molar-refractivity contribution in [2.24, 2.45) is 0 Å². The Morgan fingerprint density at radius 3 is 3.18 bits per heavy atom. The van der Waals surface area contributed by atoms with E-state index in [0.717, 1.165) is 0 Å². The van der Waals surface area contributed by atoms with Crippen molar-refractivity contribution in [3.05, 3.63) is 17.5 Å². The molecular weight excluding hydrogens is 226 g/mol. The predicted octanol–water partition coefficient (Wildman–Crippen LogP) is -0.651. The first-order chi connectivity index (χ1) is 8.11. The number of ether oxygens (including phenoxy) is 1. The number of aromatic nitrogens is 2. The maximum Gasteiger partial charge on any atom is 0.354 e. The minimum atomic E-state index is -1.04. The number of aromatic carboxylic acids is 1. The monoisotopic (exact) mass is 241 g/mol. The smallest absolute Gasteiger partial charge is 0.354 e. The molecule has 0 aliphatic carbocycles. The van der Waals surface area contributed by atoms with E-state index in [1.165, 1.54) is 6.20 Å². The van der Waals surface area contributed by atoms with Crippen molar-refractivity contribution < 1.29 is 19.7 Å². The Balaban J connectivity index is 1.85. The van der Waals surface area contributed by atoms with E-state index in [1.54, 1.807) is 0 Å². The van der Waals surface area contributed by atoms with Gasteiger partial charge in [0.15, 0.2) is 0 Å². The number of hydrogen-bond acceptors (Lipinski definition) is 5. The fourth-order valence-corrected chi connectivity index (χ4v) is 1.80. The van der Waals surface area contributed by atoms with Crippen LogP contribution in [0.25, 0.3) is 0 Å². The number of nitrogens with one attached hydrogen (secondary N) is 2. The molecule has 1 fully saturated rings. The second-order valence-corrected chi connectivity index (χ2v) is 4.21. The van der Waals surface area contributed by atoms with Crippen LogP contribution in [0.3, 0.4) is 0 Å². The molecule has 2 rings (SSSR count). The quantitative estimate of drug-likeness (QED) is 0.545. The molecular formula is C10H15N3O4. The fourth-order valence-electron chi connectivity index (χ4n) is 1.80. The largest absolute Gasteiger partial charge is 0.477 e. The van der Waals surface area contributed by atoms with Gasteiger partial charge in [-0.25, -0.2) is 4.79 Å². The van der Waals surface area contributed by atoms with Gasteiger partial charge >= 0.3 is 5.97 Å². The van der Waals surface area contributed by atoms with Gasteiger partial charge in [-0.15, -0.1) is 0 Å². The first kappa shape index (κ1) is 12.0. The molecule has 1 aliphatic rings. The molecule has 1 saturated heterocycles. The van der Waals surface area contributed by atoms with E-state index < -0.39 is 11.6 Å². The molecule has 0 amide bonds. The summed E-state index contributed by atoms with van der Waals surface area (Å²) in [6.07, 6.45) is 2.06. The Labute approximate surface area is 97.8 Å². The van der Waals surface area contributed by atoms with E-state index in [4.69, 9.17) is 9.84 Å². The van der Waals surface area contributed by atoms with Crippen molar-refractivity contribution in [1.29, 1.82) is 0 Å². The molecule has 0 radical (unpaired) electrons. The minimum Gasteiger partial charge on any atom is -0.477 e. The van der Waals surface area contributed by atoms with Gasteiger partial charge in [0.2, 0.25) is 0 Å². The number of rotatable bonds is 5. The molecule has 0 aromatic carbocycles. The average molecular weight is 241 g/mol. The molecule has 1 aromatic rings. The van der Waals surface area contributed by atoms with Crippen molar-refractivity contribution in [1.82, 2.24) is 15.5 Å². The molecule has 4 N–H and O–H groups in total. The van der Waals surface area contributed by atoms with Crippen molar-refractivity contribution >= 4 is 5.97 Å². The van der Waals surface area contributed by atoms with Crippen molar-refractivity contribution in [2.75, 3.05) is 19.8 Å². The van der Waals surface area contributed by atoms with Crippen LogP contribution >= 0.6 is 0 Å². The summed E-state index contributed by atoms with van der Waals surface area (Å²) in [4.78, 5) is 10.8. The van der Waals surface area contributed by atoms with Crippen LogP contribution in [0, 0.1) is 0 Å². The summed E-state index contributed by atoms with van der Waals surface area (Å²) in [5.41, 5.74) is -0.195. The lowest BCUT2D eigenvalue weighted by atomic mass is 10.0. The number of H-pyrrole nitrogens is 1. The molecule has 1 aliphatic heterocycles. The van der Waals surface area contributed by atoms with Crippen molar-refractivity contribution in [3.63, 3.8) is 0 Å². The zero-order valence-corrected chi connectivity index (χ0v) is 9.27. The summed E-state index contributed by atoms with van der Waals surface area (Å²) < 4.78 is 5.11. The summed E-state index contributed by atoms with van der Waals surface area (Å²) in [6, 6.07) is 0. The van der Waals surface area contributed by atoms with Crippen molar-refractivity contribution in [2.45, 2.75) is 18.6 Å². The normalized spacial score (nSPS) is 24.1. The Hall–Kier alpha value is -1.44. The zero-order valence-electron chi connectivity index (χ0n) is 9.27. The van der Waals surface area contributed by atoms with Crippen LogP contribution in [0.15, 0.2) is 6.20 Å². The average Bonchev–Trinajstić information content (AvgIpc) is 2.87. The van der Waals surface area contributed by atoms with Gasteiger partial charge in [0.1, 0.15) is 11.3 Å². The maximum atomic E-state index is 10.8. The van der Waals surface area contributed by atoms with E-state index in [2.05, 4.69) is 15.5 Å². The molecule has 7 heteroatoms. The van der Waals surface area contributed by atoms with Gasteiger partial charge in [-0.05, 0) is 0 Å². The zero-order chi connectivity index (χ0) is 12.3. The Morgan fingerprint density at radius 1 is 1.71 bits per heavy atom. The van der Waals surface area contributed by atoms with Crippen molar-refractivity contribution in [3.8, 4) is 0 Å². The SMILES string of the molecule is O=C(O)c1[nH]ncc1CNCC1(O)CCOC1. The standard InChI is InChI=1S/C10H15N3O4/c14-9(15)8-7(4-12-13-8)3-11-5-10(16)1-2-17-6-10/h4,11,16H,1-3,5-6H2,(H,12,13)(H,14,15). The topological polar surface area (TPSA) is 107 Å². The highest BCUT2D eigenvalue weighted by Crippen LogP contribution is 2.17. The molecule has 94 valence electrons. The summed E-state index contributed by atoms with van der Waals surface area (Å²) in [7, 11) is 0. The van der Waals surface area contributed by atoms with Crippen LogP contribution < -0.4 is 5.32 Å². The second-order valence-electron chi connectivity index (χ2n) is 4.21. The number of nitrogens with zero attached hydrogens (tertiary/aromatic N) is 1. The second kappa shape index (κ2) is 4.82. The highest BCUT2D eigenvalue weighted by molar-refractivity contribution is 5.86. The lowest BCUT2D eigenvalue weighted by Crippen LogP contribution is -2.40. The Kier molecular flexibility index (Phi) is 3.41. The Bertz CT molecular complexity index is 398. The van der Waals surface area contributed by atoms with Crippen LogP contribution in [0.4, 0.5) is 0 Å². The molecule has 2 heterocycles. The molecule has 0 spiro atoms. The molecule has 1 atom stereocenters. The highest BCUT2D eigenvalue weighted by Gasteiger charge is 2.31. The van der Waals surface area contributed by atoms with E-state index >= 15 is 0 Å². The minimum absolute atomic E-state index is 0.0761. The number of aliphatic hydroxyl groups is 1. The molecule has 17 heavy (non-hydrogen) atoms. The third-order valence-corrected chi connectivity index (χ3v) is 2.78. The first-order valence-electron chi connectivity index (χ1n) is 5.37. The van der Waals surface area contributed by atoms with Crippen LogP contribution in [0.1, 0.15) is 22.5 Å². The number of carboxylic acids is 1. The van der Waals surface area contributed by atoms with Gasteiger partial charge in [0, 0.05) is 31.7 Å². The van der Waals surface area contributed by atoms with E-state index in [1.807, 2.05) is 0 Å². The number of carbonyl (C=O) groups is 1. The summed E-state index contributed by atoms with van der Waals surface area (Å²) in [5.74, 6) is -1.04. The number of hydrogen-bond donors (Lipinski definition) is 4. The molecule has 1 aromatic heterocycles. The Morgan fingerprint density at radius 2 is 2.53 bits per heavy atom. The van der Waals surface area contributed by atoms with Gasteiger partial charge in [0.05, 0.1) is 12.8 Å². The van der Waals surface area contributed by atoms with Gasteiger partial charge in [-0.2, -0.15) is 5.10 Å². The number of aromatic amines is 1. The molecule has 7 nitrogen and oxygen atoms in total. The summed E-state index contributed by atoms with van der Waals surface area (Å²) in [6.45, 7) is 1.60. The van der Waals surface area contributed by atoms with E-state index in [0.29, 0.717) is 38.3 Å². The molecule has 0 saturated carbocycles. The predicted molar refractivity (Wildman–Crippen MR) is 57.6 cm³/mol. The third-order valence-electron chi connectivity index (χ3n) is 2.78. The van der Waals surface area contributed by atoms with Crippen LogP contribution in [0.5, 0.6) is 0 Å². The van der Waals surface area contributed by atoms with Gasteiger partial charge in [-0.3, -0.25) is 5.10 Å². The van der Waals surface area contributed by atoms with Gasteiger partial charge < -0.3 is 20.3 Å². The van der Waals surface area contributed by atoms with Gasteiger partial charge in [-0.1, -0.05) is 0 Å².